The van der Waals surface area contributed by atoms with Gasteiger partial charge in [0.15, 0.2) is 0 Å². The molecule has 1 aliphatic rings. The number of hydrogen-bond acceptors (Lipinski definition) is 4. The van der Waals surface area contributed by atoms with Gasteiger partial charge in [-0.25, -0.2) is 0 Å². The lowest BCUT2D eigenvalue weighted by Crippen LogP contribution is -2.45. The third-order valence-electron chi connectivity index (χ3n) is 3.71. The van der Waals surface area contributed by atoms with Crippen LogP contribution >= 0.6 is 11.3 Å². The fourth-order valence-electron chi connectivity index (χ4n) is 2.50. The van der Waals surface area contributed by atoms with E-state index in [1.807, 2.05) is 18.4 Å². The van der Waals surface area contributed by atoms with E-state index >= 15 is 0 Å². The largest absolute Gasteiger partial charge is 0.383 e. The topological polar surface area (TPSA) is 49.9 Å². The van der Waals surface area contributed by atoms with E-state index in [4.69, 9.17) is 4.74 Å². The molecule has 1 unspecified atom stereocenters. The Morgan fingerprint density at radius 2 is 2.30 bits per heavy atom. The Morgan fingerprint density at radius 3 is 2.90 bits per heavy atom. The van der Waals surface area contributed by atoms with Gasteiger partial charge >= 0.3 is 0 Å². The average molecular weight is 318 g/mol. The van der Waals surface area contributed by atoms with Gasteiger partial charge in [0.25, 0.3) is 10.2 Å². The van der Waals surface area contributed by atoms with E-state index in [0.717, 1.165) is 23.3 Å². The molecule has 1 aromatic heterocycles. The monoisotopic (exact) mass is 318 g/mol. The van der Waals surface area contributed by atoms with Gasteiger partial charge in [-0.3, -0.25) is 0 Å². The Balaban J connectivity index is 2.11. The SMILES string of the molecule is COCC1CCCN1S(=O)(=O)N(C)Cc1sccc1C. The van der Waals surface area contributed by atoms with Crippen molar-refractivity contribution >= 4 is 21.5 Å². The maximum absolute atomic E-state index is 12.7. The summed E-state index contributed by atoms with van der Waals surface area (Å²) in [6, 6.07) is 1.99. The molecule has 2 rings (SSSR count). The minimum Gasteiger partial charge on any atom is -0.383 e. The van der Waals surface area contributed by atoms with Crippen LogP contribution in [0.15, 0.2) is 11.4 Å². The van der Waals surface area contributed by atoms with E-state index in [-0.39, 0.29) is 6.04 Å². The molecule has 1 saturated heterocycles. The van der Waals surface area contributed by atoms with Gasteiger partial charge < -0.3 is 4.74 Å². The molecule has 0 amide bonds. The summed E-state index contributed by atoms with van der Waals surface area (Å²) < 4.78 is 33.5. The molecule has 114 valence electrons. The first kappa shape index (κ1) is 15.9. The van der Waals surface area contributed by atoms with Crippen molar-refractivity contribution in [2.24, 2.45) is 0 Å². The highest BCUT2D eigenvalue weighted by atomic mass is 32.2. The molecule has 0 bridgehead atoms. The zero-order chi connectivity index (χ0) is 14.8. The van der Waals surface area contributed by atoms with Crippen molar-refractivity contribution in [1.82, 2.24) is 8.61 Å². The first-order chi connectivity index (χ1) is 9.46. The lowest BCUT2D eigenvalue weighted by Gasteiger charge is -2.28. The van der Waals surface area contributed by atoms with Gasteiger partial charge in [-0.15, -0.1) is 11.3 Å². The predicted octanol–water partition coefficient (Wildman–Crippen LogP) is 1.84. The van der Waals surface area contributed by atoms with Crippen LogP contribution in [-0.2, 0) is 21.5 Å². The standard InChI is InChI=1S/C13H22N2O3S2/c1-11-6-8-19-13(11)9-14(2)20(16,17)15-7-4-5-12(15)10-18-3/h6,8,12H,4-5,7,9-10H2,1-3H3. The molecule has 0 N–H and O–H groups in total. The quantitative estimate of drug-likeness (QED) is 0.804. The van der Waals surface area contributed by atoms with E-state index in [9.17, 15) is 8.42 Å². The van der Waals surface area contributed by atoms with Crippen molar-refractivity contribution in [2.45, 2.75) is 32.4 Å². The normalized spacial score (nSPS) is 20.9. The van der Waals surface area contributed by atoms with E-state index in [1.54, 1.807) is 29.8 Å². The number of rotatable bonds is 6. The molecule has 0 spiro atoms. The highest BCUT2D eigenvalue weighted by molar-refractivity contribution is 7.86. The van der Waals surface area contributed by atoms with E-state index in [1.165, 1.54) is 4.31 Å². The molecule has 2 heterocycles. The van der Waals surface area contributed by atoms with E-state index in [2.05, 4.69) is 0 Å². The van der Waals surface area contributed by atoms with Crippen LogP contribution in [0.4, 0.5) is 0 Å². The zero-order valence-electron chi connectivity index (χ0n) is 12.2. The van der Waals surface area contributed by atoms with Gasteiger partial charge in [-0.2, -0.15) is 17.0 Å². The third kappa shape index (κ3) is 3.23. The van der Waals surface area contributed by atoms with Gasteiger partial charge in [-0.1, -0.05) is 0 Å². The van der Waals surface area contributed by atoms with Crippen LogP contribution in [-0.4, -0.2) is 50.4 Å². The van der Waals surface area contributed by atoms with Crippen molar-refractivity contribution < 1.29 is 13.2 Å². The fraction of sp³-hybridized carbons (Fsp3) is 0.692. The van der Waals surface area contributed by atoms with Crippen molar-refractivity contribution in [3.05, 3.63) is 21.9 Å². The molecular formula is C13H22N2O3S2. The summed E-state index contributed by atoms with van der Waals surface area (Å²) in [6.07, 6.45) is 1.78. The van der Waals surface area contributed by atoms with Crippen molar-refractivity contribution in [1.29, 1.82) is 0 Å². The minimum absolute atomic E-state index is 0.0307. The Hall–Kier alpha value is -0.470. The molecule has 1 atom stereocenters. The number of hydrogen-bond donors (Lipinski definition) is 0. The van der Waals surface area contributed by atoms with Crippen LogP contribution in [0.3, 0.4) is 0 Å². The van der Waals surface area contributed by atoms with Gasteiger partial charge in [0, 0.05) is 38.2 Å². The summed E-state index contributed by atoms with van der Waals surface area (Å²) in [5.74, 6) is 0. The first-order valence-electron chi connectivity index (χ1n) is 6.72. The van der Waals surface area contributed by atoms with E-state index < -0.39 is 10.2 Å². The summed E-state index contributed by atoms with van der Waals surface area (Å²) in [7, 11) is -0.147. The van der Waals surface area contributed by atoms with Crippen molar-refractivity contribution in [2.75, 3.05) is 27.3 Å². The van der Waals surface area contributed by atoms with E-state index in [0.29, 0.717) is 19.7 Å². The zero-order valence-corrected chi connectivity index (χ0v) is 13.8. The smallest absolute Gasteiger partial charge is 0.282 e. The third-order valence-corrected chi connectivity index (χ3v) is 6.70. The molecule has 0 aromatic carbocycles. The number of thiophene rings is 1. The molecule has 0 aliphatic carbocycles. The summed E-state index contributed by atoms with van der Waals surface area (Å²) in [5, 5.41) is 1.99. The number of aryl methyl sites for hydroxylation is 1. The second-order valence-electron chi connectivity index (χ2n) is 5.15. The predicted molar refractivity (Wildman–Crippen MR) is 81.0 cm³/mol. The fourth-order valence-corrected chi connectivity index (χ4v) is 5.09. The molecule has 0 radical (unpaired) electrons. The van der Waals surface area contributed by atoms with Gasteiger partial charge in [0.05, 0.1) is 6.61 Å². The lowest BCUT2D eigenvalue weighted by molar-refractivity contribution is 0.146. The Kier molecular flexibility index (Phi) is 5.19. The van der Waals surface area contributed by atoms with Crippen LogP contribution in [0.1, 0.15) is 23.3 Å². The minimum atomic E-state index is -3.41. The molecule has 5 nitrogen and oxygen atoms in total. The number of ether oxygens (including phenoxy) is 1. The number of methoxy groups -OCH3 is 1. The molecule has 0 saturated carbocycles. The highest BCUT2D eigenvalue weighted by Crippen LogP contribution is 2.25. The average Bonchev–Trinajstić information content (AvgIpc) is 3.00. The summed E-state index contributed by atoms with van der Waals surface area (Å²) >= 11 is 1.60. The summed E-state index contributed by atoms with van der Waals surface area (Å²) in [5.41, 5.74) is 1.15. The van der Waals surface area contributed by atoms with Gasteiger partial charge in [-0.05, 0) is 36.8 Å². The van der Waals surface area contributed by atoms with Crippen LogP contribution < -0.4 is 0 Å². The van der Waals surface area contributed by atoms with Crippen LogP contribution in [0.5, 0.6) is 0 Å². The molecule has 1 aliphatic heterocycles. The first-order valence-corrected chi connectivity index (χ1v) is 8.99. The maximum Gasteiger partial charge on any atom is 0.282 e. The van der Waals surface area contributed by atoms with Crippen LogP contribution in [0.25, 0.3) is 0 Å². The van der Waals surface area contributed by atoms with Crippen LogP contribution in [0.2, 0.25) is 0 Å². The summed E-state index contributed by atoms with van der Waals surface area (Å²) in [4.78, 5) is 1.10. The van der Waals surface area contributed by atoms with Gasteiger partial charge in [0.2, 0.25) is 0 Å². The van der Waals surface area contributed by atoms with Crippen LogP contribution in [0, 0.1) is 6.92 Å². The second kappa shape index (κ2) is 6.53. The van der Waals surface area contributed by atoms with Gasteiger partial charge in [0.1, 0.15) is 0 Å². The lowest BCUT2D eigenvalue weighted by atomic mass is 10.2. The second-order valence-corrected chi connectivity index (χ2v) is 8.14. The summed E-state index contributed by atoms with van der Waals surface area (Å²) in [6.45, 7) is 3.49. The molecule has 1 aromatic rings. The Bertz CT molecular complexity index is 542. The maximum atomic E-state index is 12.7. The molecular weight excluding hydrogens is 296 g/mol. The highest BCUT2D eigenvalue weighted by Gasteiger charge is 2.36. The van der Waals surface area contributed by atoms with Crippen molar-refractivity contribution in [3.8, 4) is 0 Å². The van der Waals surface area contributed by atoms with Crippen molar-refractivity contribution in [3.63, 3.8) is 0 Å². The number of nitrogens with zero attached hydrogens (tertiary/aromatic N) is 2. The molecule has 1 fully saturated rings. The molecule has 7 heteroatoms. The molecule has 20 heavy (non-hydrogen) atoms. The Morgan fingerprint density at radius 1 is 1.55 bits per heavy atom. The Labute approximate surface area is 125 Å².